The lowest BCUT2D eigenvalue weighted by Gasteiger charge is -2.23. The molecule has 0 radical (unpaired) electrons. The number of aryl methyl sites for hydroxylation is 1. The Balaban J connectivity index is 1.31. The Morgan fingerprint density at radius 3 is 2.65 bits per heavy atom. The van der Waals surface area contributed by atoms with Crippen LogP contribution >= 0.6 is 0 Å². The van der Waals surface area contributed by atoms with Gasteiger partial charge in [0.1, 0.15) is 25.2 Å². The van der Waals surface area contributed by atoms with Crippen LogP contribution in [0.15, 0.2) is 41.5 Å². The molecule has 4 heterocycles. The van der Waals surface area contributed by atoms with Crippen molar-refractivity contribution in [2.24, 2.45) is 5.92 Å². The number of hydrogen-bond acceptors (Lipinski definition) is 6. The van der Waals surface area contributed by atoms with Gasteiger partial charge in [-0.15, -0.1) is 0 Å². The summed E-state index contributed by atoms with van der Waals surface area (Å²) in [7, 11) is 0. The first-order valence-corrected chi connectivity index (χ1v) is 11.7. The molecule has 0 saturated carbocycles. The van der Waals surface area contributed by atoms with Gasteiger partial charge in [-0.3, -0.25) is 14.8 Å². The molecule has 34 heavy (non-hydrogen) atoms. The highest BCUT2D eigenvalue weighted by Crippen LogP contribution is 2.29. The van der Waals surface area contributed by atoms with Crippen molar-refractivity contribution >= 4 is 11.0 Å². The lowest BCUT2D eigenvalue weighted by Crippen LogP contribution is -2.36. The van der Waals surface area contributed by atoms with Crippen LogP contribution in [0.3, 0.4) is 0 Å². The number of fused-ring (bicyclic) bond motifs is 2. The summed E-state index contributed by atoms with van der Waals surface area (Å²) in [6, 6.07) is 5.89. The molecule has 0 spiro atoms. The van der Waals surface area contributed by atoms with Crippen LogP contribution in [0.2, 0.25) is 0 Å². The van der Waals surface area contributed by atoms with Crippen LogP contribution in [-0.4, -0.2) is 40.0 Å². The van der Waals surface area contributed by atoms with Crippen molar-refractivity contribution in [2.75, 3.05) is 13.2 Å². The summed E-state index contributed by atoms with van der Waals surface area (Å²) in [5.74, 6) is 1.07. The monoisotopic (exact) mass is 472 g/mol. The minimum Gasteiger partial charge on any atom is -0.486 e. The van der Waals surface area contributed by atoms with E-state index in [2.05, 4.69) is 22.2 Å². The topological polar surface area (TPSA) is 78.3 Å². The van der Waals surface area contributed by atoms with Gasteiger partial charge < -0.3 is 19.4 Å². The van der Waals surface area contributed by atoms with E-state index in [4.69, 9.17) is 9.47 Å². The van der Waals surface area contributed by atoms with E-state index in [0.29, 0.717) is 61.7 Å². The molecular formula is C25H30F2N4O3. The van der Waals surface area contributed by atoms with Crippen molar-refractivity contribution in [3.05, 3.63) is 58.5 Å². The largest absolute Gasteiger partial charge is 0.486 e. The highest BCUT2D eigenvalue weighted by Gasteiger charge is 2.19. The van der Waals surface area contributed by atoms with Crippen LogP contribution in [0.5, 0.6) is 11.5 Å². The highest BCUT2D eigenvalue weighted by molar-refractivity contribution is 5.74. The summed E-state index contributed by atoms with van der Waals surface area (Å²) in [6.07, 6.45) is 3.89. The number of nitrogens with one attached hydrogen (secondary N) is 1. The summed E-state index contributed by atoms with van der Waals surface area (Å²) in [4.78, 5) is 20.8. The van der Waals surface area contributed by atoms with E-state index in [-0.39, 0.29) is 17.5 Å². The van der Waals surface area contributed by atoms with Gasteiger partial charge in [-0.2, -0.15) is 0 Å². The smallest absolute Gasteiger partial charge is 0.251 e. The molecule has 1 aliphatic rings. The van der Waals surface area contributed by atoms with Crippen LogP contribution in [0.1, 0.15) is 38.8 Å². The van der Waals surface area contributed by atoms with E-state index in [1.54, 1.807) is 23.8 Å². The normalized spacial score (nSPS) is 15.8. The number of ether oxygens (including phenoxy) is 2. The van der Waals surface area contributed by atoms with E-state index >= 15 is 0 Å². The number of nitrogens with zero attached hydrogens (tertiary/aromatic N) is 3. The molecule has 0 saturated heterocycles. The number of halogens is 2. The maximum Gasteiger partial charge on any atom is 0.251 e. The Morgan fingerprint density at radius 1 is 1.06 bits per heavy atom. The molecule has 1 N–H and O–H groups in total. The number of pyridine rings is 3. The predicted molar refractivity (Wildman–Crippen MR) is 125 cm³/mol. The molecule has 0 fully saturated rings. The van der Waals surface area contributed by atoms with Crippen molar-refractivity contribution in [2.45, 2.75) is 58.4 Å². The fourth-order valence-corrected chi connectivity index (χ4v) is 4.15. The number of aromatic nitrogens is 3. The van der Waals surface area contributed by atoms with Crippen molar-refractivity contribution in [1.82, 2.24) is 19.9 Å². The molecule has 1 aliphatic heterocycles. The van der Waals surface area contributed by atoms with E-state index in [1.807, 2.05) is 6.07 Å². The molecule has 3 aromatic rings. The Morgan fingerprint density at radius 2 is 1.85 bits per heavy atom. The van der Waals surface area contributed by atoms with Crippen LogP contribution in [-0.2, 0) is 13.1 Å². The molecule has 0 bridgehead atoms. The number of alkyl halides is 1. The first-order valence-electron chi connectivity index (χ1n) is 11.7. The minimum atomic E-state index is -1.03. The lowest BCUT2D eigenvalue weighted by atomic mass is 9.96. The van der Waals surface area contributed by atoms with Crippen molar-refractivity contribution in [3.63, 3.8) is 0 Å². The maximum absolute atomic E-state index is 14.3. The van der Waals surface area contributed by atoms with Crippen LogP contribution in [0.25, 0.3) is 11.0 Å². The van der Waals surface area contributed by atoms with Gasteiger partial charge in [0, 0.05) is 37.3 Å². The highest BCUT2D eigenvalue weighted by atomic mass is 19.1. The van der Waals surface area contributed by atoms with Crippen molar-refractivity contribution < 1.29 is 18.3 Å². The van der Waals surface area contributed by atoms with E-state index in [9.17, 15) is 13.6 Å². The molecule has 7 nitrogen and oxygen atoms in total. The molecule has 182 valence electrons. The zero-order valence-electron chi connectivity index (χ0n) is 19.5. The Labute approximate surface area is 197 Å². The zero-order valence-corrected chi connectivity index (χ0v) is 19.5. The zero-order chi connectivity index (χ0) is 24.1. The summed E-state index contributed by atoms with van der Waals surface area (Å²) in [6.45, 7) is 5.52. The summed E-state index contributed by atoms with van der Waals surface area (Å²) >= 11 is 0. The van der Waals surface area contributed by atoms with Crippen molar-refractivity contribution in [3.8, 4) is 11.5 Å². The first kappa shape index (κ1) is 24.1. The van der Waals surface area contributed by atoms with Crippen LogP contribution < -0.4 is 20.3 Å². The summed E-state index contributed by atoms with van der Waals surface area (Å²) < 4.78 is 40.6. The van der Waals surface area contributed by atoms with E-state index < -0.39 is 12.0 Å². The molecule has 9 heteroatoms. The quantitative estimate of drug-likeness (QED) is 0.480. The van der Waals surface area contributed by atoms with Gasteiger partial charge in [-0.05, 0) is 38.2 Å². The first-order chi connectivity index (χ1) is 16.4. The Bertz CT molecular complexity index is 1180. The molecule has 0 amide bonds. The van der Waals surface area contributed by atoms with Crippen molar-refractivity contribution in [1.29, 1.82) is 0 Å². The van der Waals surface area contributed by atoms with E-state index in [0.717, 1.165) is 18.3 Å². The predicted octanol–water partition coefficient (Wildman–Crippen LogP) is 4.02. The molecule has 3 atom stereocenters. The third-order valence-electron chi connectivity index (χ3n) is 6.21. The Kier molecular flexibility index (Phi) is 7.72. The van der Waals surface area contributed by atoms with Gasteiger partial charge in [0.2, 0.25) is 0 Å². The Hall–Kier alpha value is -3.07. The summed E-state index contributed by atoms with van der Waals surface area (Å²) in [5, 5.41) is 3.27. The third kappa shape index (κ3) is 5.88. The standard InChI is InChI=1S/C25H30F2N4O3/c1-16(7-8-31-22-11-18(27)13-29-21(22)5-6-25(31)32)3-4-20(17(2)26)30-14-19-12-23-24(15-28-19)34-10-9-33-23/h5-6,11-13,15-17,20,30H,3-4,7-10,14H2,1-2H3. The molecule has 4 rings (SSSR count). The average Bonchev–Trinajstić information content (AvgIpc) is 2.83. The lowest BCUT2D eigenvalue weighted by molar-refractivity contribution is 0.170. The fourth-order valence-electron chi connectivity index (χ4n) is 4.15. The molecular weight excluding hydrogens is 442 g/mol. The second-order valence-corrected chi connectivity index (χ2v) is 8.84. The van der Waals surface area contributed by atoms with Gasteiger partial charge in [0.15, 0.2) is 11.5 Å². The second kappa shape index (κ2) is 10.9. The molecule has 3 aromatic heterocycles. The van der Waals surface area contributed by atoms with Crippen LogP contribution in [0, 0.1) is 11.7 Å². The summed E-state index contributed by atoms with van der Waals surface area (Å²) in [5.41, 5.74) is 1.65. The van der Waals surface area contributed by atoms with Gasteiger partial charge >= 0.3 is 0 Å². The fraction of sp³-hybridized carbons (Fsp3) is 0.480. The van der Waals surface area contributed by atoms with Crippen LogP contribution in [0.4, 0.5) is 8.78 Å². The second-order valence-electron chi connectivity index (χ2n) is 8.84. The van der Waals surface area contributed by atoms with E-state index in [1.165, 1.54) is 12.1 Å². The number of hydrogen-bond donors (Lipinski definition) is 1. The molecule has 0 aliphatic carbocycles. The van der Waals surface area contributed by atoms with Gasteiger partial charge in [-0.1, -0.05) is 6.92 Å². The third-order valence-corrected chi connectivity index (χ3v) is 6.21. The van der Waals surface area contributed by atoms with Gasteiger partial charge in [0.05, 0.1) is 29.1 Å². The number of rotatable bonds is 10. The molecule has 3 unspecified atom stereocenters. The SMILES string of the molecule is CC(CCC(NCc1cc2c(cn1)OCCO2)C(C)F)CCn1c(=O)ccc2ncc(F)cc21. The minimum absolute atomic E-state index is 0.184. The average molecular weight is 473 g/mol. The van der Waals surface area contributed by atoms with Gasteiger partial charge in [-0.25, -0.2) is 8.78 Å². The molecule has 0 aromatic carbocycles. The van der Waals surface area contributed by atoms with Gasteiger partial charge in [0.25, 0.3) is 5.56 Å². The maximum atomic E-state index is 14.3.